The molecule has 194 valence electrons. The molecular weight excluding hydrogens is 536 g/mol. The smallest absolute Gasteiger partial charge is 0.302 e. The molecule has 0 N–H and O–H groups in total. The number of carbonyl (C=O) groups is 1. The van der Waals surface area contributed by atoms with Crippen molar-refractivity contribution in [3.8, 4) is 5.69 Å². The van der Waals surface area contributed by atoms with E-state index in [9.17, 15) is 14.0 Å². The molecule has 2 heterocycles. The van der Waals surface area contributed by atoms with Crippen LogP contribution in [-0.2, 0) is 6.54 Å². The van der Waals surface area contributed by atoms with Crippen molar-refractivity contribution in [3.63, 3.8) is 0 Å². The van der Waals surface area contributed by atoms with E-state index in [1.165, 1.54) is 12.1 Å². The maximum atomic E-state index is 13.6. The van der Waals surface area contributed by atoms with Crippen LogP contribution >= 0.6 is 35.6 Å². The fourth-order valence-electron chi connectivity index (χ4n) is 5.09. The van der Waals surface area contributed by atoms with Crippen molar-refractivity contribution in [2.24, 2.45) is 5.92 Å². The van der Waals surface area contributed by atoms with Gasteiger partial charge in [0.25, 0.3) is 0 Å². The van der Waals surface area contributed by atoms with Crippen molar-refractivity contribution in [3.05, 3.63) is 98.1 Å². The molecule has 0 unspecified atom stereocenters. The van der Waals surface area contributed by atoms with Crippen LogP contribution in [0.3, 0.4) is 0 Å². The highest BCUT2D eigenvalue weighted by atomic mass is 35.5. The number of piperidine rings is 1. The van der Waals surface area contributed by atoms with Crippen molar-refractivity contribution in [2.75, 3.05) is 19.6 Å². The number of likely N-dealkylation sites (tertiary alicyclic amines) is 1. The number of rotatable bonds is 6. The highest BCUT2D eigenvalue weighted by Crippen LogP contribution is 2.27. The number of ketones is 1. The van der Waals surface area contributed by atoms with Crippen molar-refractivity contribution >= 4 is 52.4 Å². The van der Waals surface area contributed by atoms with Crippen LogP contribution in [-0.4, -0.2) is 39.5 Å². The largest absolute Gasteiger partial charge is 0.333 e. The molecule has 1 aromatic heterocycles. The number of aryl methyl sites for hydroxylation is 1. The third-order valence-electron chi connectivity index (χ3n) is 7.04. The van der Waals surface area contributed by atoms with Gasteiger partial charge >= 0.3 is 5.69 Å². The Morgan fingerprint density at radius 2 is 1.68 bits per heavy atom. The number of hydrogen-bond acceptors (Lipinski definition) is 3. The van der Waals surface area contributed by atoms with Gasteiger partial charge in [-0.05, 0) is 86.9 Å². The summed E-state index contributed by atoms with van der Waals surface area (Å²) in [6, 6.07) is 16.9. The quantitative estimate of drug-likeness (QED) is 0.250. The van der Waals surface area contributed by atoms with Crippen LogP contribution in [0.1, 0.15) is 28.8 Å². The summed E-state index contributed by atoms with van der Waals surface area (Å²) >= 11 is 12.3. The van der Waals surface area contributed by atoms with Crippen LogP contribution in [0.25, 0.3) is 16.7 Å². The van der Waals surface area contributed by atoms with E-state index in [-0.39, 0.29) is 35.6 Å². The van der Waals surface area contributed by atoms with Crippen molar-refractivity contribution < 1.29 is 9.18 Å². The number of para-hydroxylation sites is 1. The molecule has 3 aromatic carbocycles. The van der Waals surface area contributed by atoms with Gasteiger partial charge in [-0.25, -0.2) is 9.18 Å². The van der Waals surface area contributed by atoms with Gasteiger partial charge in [0.15, 0.2) is 5.78 Å². The third kappa shape index (κ3) is 5.48. The minimum atomic E-state index is -0.340. The minimum absolute atomic E-state index is 0. The molecule has 1 aliphatic heterocycles. The second-order valence-corrected chi connectivity index (χ2v) is 10.1. The van der Waals surface area contributed by atoms with Crippen LogP contribution < -0.4 is 5.69 Å². The van der Waals surface area contributed by atoms with Gasteiger partial charge in [-0.1, -0.05) is 35.3 Å². The van der Waals surface area contributed by atoms with E-state index in [0.717, 1.165) is 42.5 Å². The number of nitrogens with zero attached hydrogens (tertiary/aromatic N) is 3. The first-order chi connectivity index (χ1) is 17.3. The Morgan fingerprint density at radius 3 is 2.35 bits per heavy atom. The molecule has 1 saturated heterocycles. The number of fused-ring (bicyclic) bond motifs is 1. The molecule has 37 heavy (non-hydrogen) atoms. The molecule has 0 radical (unpaired) electrons. The fraction of sp³-hybridized carbons (Fsp3) is 0.286. The summed E-state index contributed by atoms with van der Waals surface area (Å²) < 4.78 is 16.7. The Bertz CT molecular complexity index is 1490. The van der Waals surface area contributed by atoms with Gasteiger partial charge < -0.3 is 4.90 Å². The first-order valence-electron chi connectivity index (χ1n) is 12.0. The number of benzene rings is 3. The molecule has 0 bridgehead atoms. The van der Waals surface area contributed by atoms with Gasteiger partial charge in [0.2, 0.25) is 0 Å². The number of halogens is 4. The number of hydrogen-bond donors (Lipinski definition) is 0. The SMILES string of the molecule is Cc1cccc2c1n(CCN1CCC(C(=O)c3ccc(F)cc3)CC1)c(=O)n2-c1ccc(Cl)c(Cl)c1.Cl. The first-order valence-corrected chi connectivity index (χ1v) is 12.8. The van der Waals surface area contributed by atoms with Crippen LogP contribution in [0.5, 0.6) is 0 Å². The normalized spacial score (nSPS) is 14.6. The summed E-state index contributed by atoms with van der Waals surface area (Å²) in [5.74, 6) is -0.327. The van der Waals surface area contributed by atoms with E-state index >= 15 is 0 Å². The number of imidazole rings is 1. The Hall–Kier alpha value is -2.64. The number of aromatic nitrogens is 2. The molecule has 5 rings (SSSR count). The Labute approximate surface area is 230 Å². The third-order valence-corrected chi connectivity index (χ3v) is 7.78. The van der Waals surface area contributed by atoms with E-state index < -0.39 is 0 Å². The Morgan fingerprint density at radius 1 is 0.973 bits per heavy atom. The van der Waals surface area contributed by atoms with Crippen molar-refractivity contribution in [1.82, 2.24) is 14.0 Å². The van der Waals surface area contributed by atoms with Gasteiger partial charge in [0, 0.05) is 24.6 Å². The molecule has 0 aliphatic carbocycles. The maximum absolute atomic E-state index is 13.6. The Kier molecular flexibility index (Phi) is 8.44. The molecular formula is C28H27Cl3FN3O2. The van der Waals surface area contributed by atoms with Gasteiger partial charge in [-0.15, -0.1) is 12.4 Å². The predicted molar refractivity (Wildman–Crippen MR) is 149 cm³/mol. The molecule has 0 spiro atoms. The van der Waals surface area contributed by atoms with Crippen LogP contribution in [0.4, 0.5) is 4.39 Å². The van der Waals surface area contributed by atoms with Crippen molar-refractivity contribution in [1.29, 1.82) is 0 Å². The molecule has 5 nitrogen and oxygen atoms in total. The molecule has 4 aromatic rings. The topological polar surface area (TPSA) is 47.2 Å². The lowest BCUT2D eigenvalue weighted by molar-refractivity contribution is 0.0837. The monoisotopic (exact) mass is 561 g/mol. The molecule has 1 fully saturated rings. The van der Waals surface area contributed by atoms with E-state index in [2.05, 4.69) is 4.90 Å². The average molecular weight is 563 g/mol. The molecule has 1 aliphatic rings. The highest BCUT2D eigenvalue weighted by molar-refractivity contribution is 6.42. The lowest BCUT2D eigenvalue weighted by Crippen LogP contribution is -2.39. The van der Waals surface area contributed by atoms with Crippen molar-refractivity contribution in [2.45, 2.75) is 26.3 Å². The van der Waals surface area contributed by atoms with Gasteiger partial charge in [0.05, 0.1) is 26.8 Å². The second kappa shape index (κ2) is 11.4. The van der Waals surface area contributed by atoms with Crippen LogP contribution in [0, 0.1) is 18.7 Å². The zero-order valence-corrected chi connectivity index (χ0v) is 22.6. The summed E-state index contributed by atoms with van der Waals surface area (Å²) in [4.78, 5) is 28.7. The summed E-state index contributed by atoms with van der Waals surface area (Å²) in [7, 11) is 0. The highest BCUT2D eigenvalue weighted by Gasteiger charge is 2.26. The number of Topliss-reactive ketones (excluding diaryl/α,β-unsaturated/α-hetero) is 1. The first kappa shape index (κ1) is 27.4. The number of carbonyl (C=O) groups excluding carboxylic acids is 1. The predicted octanol–water partition coefficient (Wildman–Crippen LogP) is 6.56. The zero-order valence-electron chi connectivity index (χ0n) is 20.3. The Balaban J connectivity index is 0.00000320. The standard InChI is InChI=1S/C28H26Cl2FN3O2.ClH/c1-18-3-2-4-25-26(18)33(28(36)34(25)22-9-10-23(29)24(30)17-22)16-15-32-13-11-20(12-14-32)27(35)19-5-7-21(31)8-6-19;/h2-10,17,20H,11-16H2,1H3;1H. The lowest BCUT2D eigenvalue weighted by atomic mass is 9.89. The van der Waals surface area contributed by atoms with Crippen LogP contribution in [0.15, 0.2) is 65.5 Å². The van der Waals surface area contributed by atoms with E-state index in [1.807, 2.05) is 29.7 Å². The summed E-state index contributed by atoms with van der Waals surface area (Å²) in [5.41, 5.74) is 3.85. The molecule has 0 saturated carbocycles. The minimum Gasteiger partial charge on any atom is -0.302 e. The van der Waals surface area contributed by atoms with E-state index in [1.54, 1.807) is 34.9 Å². The van der Waals surface area contributed by atoms with Gasteiger partial charge in [0.1, 0.15) is 5.82 Å². The molecule has 0 atom stereocenters. The fourth-order valence-corrected chi connectivity index (χ4v) is 5.38. The summed E-state index contributed by atoms with van der Waals surface area (Å²) in [5, 5.41) is 0.836. The maximum Gasteiger partial charge on any atom is 0.333 e. The average Bonchev–Trinajstić information content (AvgIpc) is 3.17. The van der Waals surface area contributed by atoms with Crippen LogP contribution in [0.2, 0.25) is 10.0 Å². The zero-order chi connectivity index (χ0) is 25.4. The molecule has 0 amide bonds. The molecule has 9 heteroatoms. The summed E-state index contributed by atoms with van der Waals surface area (Å²) in [6.07, 6.45) is 1.49. The summed E-state index contributed by atoms with van der Waals surface area (Å²) in [6.45, 7) is 4.79. The van der Waals surface area contributed by atoms with Gasteiger partial charge in [-0.2, -0.15) is 0 Å². The van der Waals surface area contributed by atoms with E-state index in [0.29, 0.717) is 34.4 Å². The van der Waals surface area contributed by atoms with E-state index in [4.69, 9.17) is 23.2 Å². The lowest BCUT2D eigenvalue weighted by Gasteiger charge is -2.31. The second-order valence-electron chi connectivity index (χ2n) is 9.30. The van der Waals surface area contributed by atoms with Gasteiger partial charge in [-0.3, -0.25) is 13.9 Å².